The van der Waals surface area contributed by atoms with Crippen molar-refractivity contribution in [3.05, 3.63) is 63.6 Å². The lowest BCUT2D eigenvalue weighted by Crippen LogP contribution is -2.18. The van der Waals surface area contributed by atoms with Gasteiger partial charge in [-0.15, -0.1) is 0 Å². The van der Waals surface area contributed by atoms with Gasteiger partial charge in [0.2, 0.25) is 6.10 Å². The fourth-order valence-electron chi connectivity index (χ4n) is 1.59. The van der Waals surface area contributed by atoms with Gasteiger partial charge in [0.05, 0.1) is 4.47 Å². The summed E-state index contributed by atoms with van der Waals surface area (Å²) in [6, 6.07) is 13.7. The van der Waals surface area contributed by atoms with E-state index >= 15 is 0 Å². The molecule has 5 heteroatoms. The molecule has 0 saturated heterocycles. The van der Waals surface area contributed by atoms with E-state index in [0.717, 1.165) is 0 Å². The van der Waals surface area contributed by atoms with Crippen LogP contribution in [-0.2, 0) is 4.79 Å². The second-order valence-electron chi connectivity index (χ2n) is 3.82. The Kier molecular flexibility index (Phi) is 4.45. The van der Waals surface area contributed by atoms with Gasteiger partial charge in [0.25, 0.3) is 0 Å². The highest BCUT2D eigenvalue weighted by molar-refractivity contribution is 9.10. The number of rotatable bonds is 4. The number of carboxylic acids is 1. The van der Waals surface area contributed by atoms with E-state index in [1.54, 1.807) is 42.5 Å². The minimum atomic E-state index is -1.06. The second kappa shape index (κ2) is 6.08. The van der Waals surface area contributed by atoms with E-state index in [1.165, 1.54) is 0 Å². The highest BCUT2D eigenvalue weighted by atomic mass is 79.9. The molecule has 2 aromatic carbocycles. The lowest BCUT2D eigenvalue weighted by atomic mass is 10.1. The molecule has 19 heavy (non-hydrogen) atoms. The predicted molar refractivity (Wildman–Crippen MR) is 76.6 cm³/mol. The third-order valence-corrected chi connectivity index (χ3v) is 3.32. The third-order valence-electron chi connectivity index (χ3n) is 2.47. The average molecular weight is 342 g/mol. The van der Waals surface area contributed by atoms with Crippen LogP contribution in [0.25, 0.3) is 0 Å². The van der Waals surface area contributed by atoms with E-state index in [9.17, 15) is 9.90 Å². The highest BCUT2D eigenvalue weighted by Gasteiger charge is 2.22. The van der Waals surface area contributed by atoms with Crippen molar-refractivity contribution in [3.63, 3.8) is 0 Å². The number of halogens is 2. The van der Waals surface area contributed by atoms with Crippen LogP contribution in [0, 0.1) is 0 Å². The van der Waals surface area contributed by atoms with Crippen LogP contribution in [0.4, 0.5) is 0 Å². The molecule has 0 fully saturated rings. The van der Waals surface area contributed by atoms with Crippen LogP contribution in [0.3, 0.4) is 0 Å². The first-order valence-electron chi connectivity index (χ1n) is 5.47. The number of ether oxygens (including phenoxy) is 1. The van der Waals surface area contributed by atoms with E-state index in [4.69, 9.17) is 16.3 Å². The third kappa shape index (κ3) is 3.49. The fraction of sp³-hybridized carbons (Fsp3) is 0.0714. The van der Waals surface area contributed by atoms with Gasteiger partial charge in [0, 0.05) is 10.6 Å². The van der Waals surface area contributed by atoms with Crippen molar-refractivity contribution >= 4 is 33.5 Å². The molecule has 0 bridgehead atoms. The van der Waals surface area contributed by atoms with Crippen molar-refractivity contribution in [3.8, 4) is 5.75 Å². The Morgan fingerprint density at radius 2 is 1.89 bits per heavy atom. The summed E-state index contributed by atoms with van der Waals surface area (Å²) in [4.78, 5) is 11.3. The lowest BCUT2D eigenvalue weighted by molar-refractivity contribution is -0.145. The number of aliphatic carboxylic acids is 1. The molecule has 1 atom stereocenters. The van der Waals surface area contributed by atoms with Gasteiger partial charge in [-0.05, 0) is 34.1 Å². The Hall–Kier alpha value is -1.52. The summed E-state index contributed by atoms with van der Waals surface area (Å²) in [6.07, 6.45) is -1.06. The largest absolute Gasteiger partial charge is 0.478 e. The molecule has 0 aliphatic rings. The van der Waals surface area contributed by atoms with Gasteiger partial charge in [-0.3, -0.25) is 0 Å². The Morgan fingerprint density at radius 1 is 1.21 bits per heavy atom. The Balaban J connectivity index is 2.29. The zero-order chi connectivity index (χ0) is 13.8. The summed E-state index contributed by atoms with van der Waals surface area (Å²) >= 11 is 9.13. The molecule has 1 N–H and O–H groups in total. The molecule has 98 valence electrons. The van der Waals surface area contributed by atoms with Crippen LogP contribution >= 0.6 is 27.5 Å². The van der Waals surface area contributed by atoms with Crippen molar-refractivity contribution in [2.45, 2.75) is 6.10 Å². The SMILES string of the molecule is O=C(O)[C@@H](Oc1ccc(Cl)cc1Br)c1ccccc1. The molecule has 0 aliphatic carbocycles. The van der Waals surface area contributed by atoms with Crippen LogP contribution in [0.15, 0.2) is 53.0 Å². The van der Waals surface area contributed by atoms with Crippen molar-refractivity contribution < 1.29 is 14.6 Å². The Morgan fingerprint density at radius 3 is 2.47 bits per heavy atom. The topological polar surface area (TPSA) is 46.5 Å². The van der Waals surface area contributed by atoms with Gasteiger partial charge >= 0.3 is 5.97 Å². The maximum Gasteiger partial charge on any atom is 0.349 e. The Bertz CT molecular complexity index is 586. The first kappa shape index (κ1) is 13.9. The number of hydrogen-bond donors (Lipinski definition) is 1. The number of carboxylic acid groups (broad SMARTS) is 1. The first-order chi connectivity index (χ1) is 9.08. The van der Waals surface area contributed by atoms with E-state index in [0.29, 0.717) is 20.8 Å². The standard InChI is InChI=1S/C14H10BrClO3/c15-11-8-10(16)6-7-12(11)19-13(14(17)18)9-4-2-1-3-5-9/h1-8,13H,(H,17,18)/t13-/m0/s1. The summed E-state index contributed by atoms with van der Waals surface area (Å²) in [6.45, 7) is 0. The Labute approximate surface area is 123 Å². The smallest absolute Gasteiger partial charge is 0.349 e. The maximum absolute atomic E-state index is 11.3. The van der Waals surface area contributed by atoms with E-state index < -0.39 is 12.1 Å². The van der Waals surface area contributed by atoms with Crippen molar-refractivity contribution in [2.24, 2.45) is 0 Å². The van der Waals surface area contributed by atoms with Crippen LogP contribution in [0.5, 0.6) is 5.75 Å². The van der Waals surface area contributed by atoms with Crippen LogP contribution in [0.1, 0.15) is 11.7 Å². The molecule has 0 aromatic heterocycles. The summed E-state index contributed by atoms with van der Waals surface area (Å²) < 4.78 is 6.16. The van der Waals surface area contributed by atoms with E-state index in [2.05, 4.69) is 15.9 Å². The minimum absolute atomic E-state index is 0.431. The molecule has 0 heterocycles. The van der Waals surface area contributed by atoms with Crippen molar-refractivity contribution in [2.75, 3.05) is 0 Å². The fourth-order valence-corrected chi connectivity index (χ4v) is 2.36. The van der Waals surface area contributed by atoms with Gasteiger partial charge in [-0.2, -0.15) is 0 Å². The van der Waals surface area contributed by atoms with Gasteiger partial charge in [0.15, 0.2) is 0 Å². The van der Waals surface area contributed by atoms with Crippen molar-refractivity contribution in [1.29, 1.82) is 0 Å². The highest BCUT2D eigenvalue weighted by Crippen LogP contribution is 2.31. The van der Waals surface area contributed by atoms with Gasteiger partial charge in [0.1, 0.15) is 5.75 Å². The molecule has 0 amide bonds. The normalized spacial score (nSPS) is 11.9. The number of hydrogen-bond acceptors (Lipinski definition) is 2. The van der Waals surface area contributed by atoms with Gasteiger partial charge < -0.3 is 9.84 Å². The molecule has 2 rings (SSSR count). The van der Waals surface area contributed by atoms with Crippen molar-refractivity contribution in [1.82, 2.24) is 0 Å². The van der Waals surface area contributed by atoms with E-state index in [-0.39, 0.29) is 0 Å². The van der Waals surface area contributed by atoms with Crippen LogP contribution in [-0.4, -0.2) is 11.1 Å². The molecule has 0 aliphatic heterocycles. The molecule has 0 spiro atoms. The van der Waals surface area contributed by atoms with Gasteiger partial charge in [-0.1, -0.05) is 41.9 Å². The summed E-state index contributed by atoms with van der Waals surface area (Å²) in [5.74, 6) is -0.617. The number of benzene rings is 2. The zero-order valence-corrected chi connectivity index (χ0v) is 12.1. The van der Waals surface area contributed by atoms with E-state index in [1.807, 2.05) is 6.07 Å². The predicted octanol–water partition coefficient (Wildman–Crippen LogP) is 4.31. The lowest BCUT2D eigenvalue weighted by Gasteiger charge is -2.16. The summed E-state index contributed by atoms with van der Waals surface area (Å²) in [5, 5.41) is 9.81. The molecular formula is C14H10BrClO3. The molecular weight excluding hydrogens is 332 g/mol. The summed E-state index contributed by atoms with van der Waals surface area (Å²) in [5.41, 5.74) is 0.580. The average Bonchev–Trinajstić information content (AvgIpc) is 2.38. The quantitative estimate of drug-likeness (QED) is 0.901. The number of carbonyl (C=O) groups is 1. The molecule has 0 radical (unpaired) electrons. The molecule has 2 aromatic rings. The van der Waals surface area contributed by atoms with Crippen LogP contribution < -0.4 is 4.74 Å². The zero-order valence-electron chi connectivity index (χ0n) is 9.72. The molecule has 3 nitrogen and oxygen atoms in total. The first-order valence-corrected chi connectivity index (χ1v) is 6.64. The minimum Gasteiger partial charge on any atom is -0.478 e. The second-order valence-corrected chi connectivity index (χ2v) is 5.11. The van der Waals surface area contributed by atoms with Crippen LogP contribution in [0.2, 0.25) is 5.02 Å². The molecule has 0 saturated carbocycles. The maximum atomic E-state index is 11.3. The summed E-state index contributed by atoms with van der Waals surface area (Å²) in [7, 11) is 0. The molecule has 0 unspecified atom stereocenters. The monoisotopic (exact) mass is 340 g/mol. The van der Waals surface area contributed by atoms with Gasteiger partial charge in [-0.25, -0.2) is 4.79 Å².